The summed E-state index contributed by atoms with van der Waals surface area (Å²) in [4.78, 5) is 46.4. The van der Waals surface area contributed by atoms with E-state index in [1.165, 1.54) is 61.0 Å². The minimum absolute atomic E-state index is 0.207. The molecule has 2 fully saturated rings. The summed E-state index contributed by atoms with van der Waals surface area (Å²) in [5.41, 5.74) is 0.301. The first-order valence-electron chi connectivity index (χ1n) is 13.9. The third-order valence-corrected chi connectivity index (χ3v) is 10.5. The van der Waals surface area contributed by atoms with Crippen LogP contribution in [0.5, 0.6) is 0 Å². The maximum absolute atomic E-state index is 13.7. The van der Waals surface area contributed by atoms with Crippen LogP contribution in [0.2, 0.25) is 0 Å². The van der Waals surface area contributed by atoms with Gasteiger partial charge in [0.1, 0.15) is 16.7 Å². The number of sulfone groups is 1. The maximum Gasteiger partial charge on any atom is 0.345 e. The summed E-state index contributed by atoms with van der Waals surface area (Å²) in [5, 5.41) is 2.72. The number of aromatic nitrogens is 3. The van der Waals surface area contributed by atoms with Crippen molar-refractivity contribution >= 4 is 38.4 Å². The molecule has 2 heterocycles. The molecule has 2 saturated carbocycles. The molecule has 5 rings (SSSR count). The van der Waals surface area contributed by atoms with Crippen LogP contribution in [0.25, 0.3) is 10.9 Å². The van der Waals surface area contributed by atoms with E-state index in [0.717, 1.165) is 38.5 Å². The number of amides is 1. The summed E-state index contributed by atoms with van der Waals surface area (Å²) >= 11 is 0. The van der Waals surface area contributed by atoms with Crippen molar-refractivity contribution in [1.29, 1.82) is 0 Å². The lowest BCUT2D eigenvalue weighted by Gasteiger charge is -2.24. The Hall–Kier alpha value is -3.60. The van der Waals surface area contributed by atoms with Crippen LogP contribution in [-0.4, -0.2) is 42.2 Å². The first kappa shape index (κ1) is 27.9. The van der Waals surface area contributed by atoms with Gasteiger partial charge in [0, 0.05) is 18.7 Å². The highest BCUT2D eigenvalue weighted by atomic mass is 32.2. The van der Waals surface area contributed by atoms with Crippen LogP contribution in [0.15, 0.2) is 52.5 Å². The number of pyridine rings is 1. The number of nitrogens with zero attached hydrogens (tertiary/aromatic N) is 2. The molecule has 0 radical (unpaired) electrons. The number of aromatic amines is 1. The molecule has 0 spiro atoms. The lowest BCUT2D eigenvalue weighted by atomic mass is 9.84. The minimum Gasteiger partial charge on any atom is -0.465 e. The number of H-pyrrole nitrogens is 1. The number of hydrogen-bond acceptors (Lipinski definition) is 7. The lowest BCUT2D eigenvalue weighted by molar-refractivity contribution is -0.353. The topological polar surface area (TPSA) is 139 Å². The summed E-state index contributed by atoms with van der Waals surface area (Å²) in [5.74, 6) is -0.372. The van der Waals surface area contributed by atoms with Gasteiger partial charge in [-0.25, -0.2) is 28.0 Å². The zero-order chi connectivity index (χ0) is 28.3. The molecule has 11 heteroatoms. The summed E-state index contributed by atoms with van der Waals surface area (Å²) in [6.07, 6.45) is 11.7. The third kappa shape index (κ3) is 5.79. The van der Waals surface area contributed by atoms with E-state index in [1.54, 1.807) is 0 Å². The van der Waals surface area contributed by atoms with Gasteiger partial charge in [-0.1, -0.05) is 44.9 Å². The Morgan fingerprint density at radius 2 is 1.80 bits per heavy atom. The Bertz CT molecular complexity index is 1560. The molecule has 0 saturated heterocycles. The summed E-state index contributed by atoms with van der Waals surface area (Å²) < 4.78 is 32.3. The van der Waals surface area contributed by atoms with Gasteiger partial charge in [-0.2, -0.15) is 4.57 Å². The number of rotatable bonds is 8. The van der Waals surface area contributed by atoms with Gasteiger partial charge in [0.15, 0.2) is 15.9 Å². The predicted octanol–water partition coefficient (Wildman–Crippen LogP) is 3.86. The van der Waals surface area contributed by atoms with Crippen molar-refractivity contribution in [3.8, 4) is 0 Å². The van der Waals surface area contributed by atoms with E-state index in [-0.39, 0.29) is 33.0 Å². The first-order chi connectivity index (χ1) is 19.3. The Kier molecular flexibility index (Phi) is 8.30. The SMILES string of the molecule is COC(=O)c1ccc(NC(=O)C(CC2CCCCC2)n2c[nH+]c3cc(S(=O)(=O)C4CCCC4)ccc3c2=O)nc1. The van der Waals surface area contributed by atoms with Gasteiger partial charge in [0.05, 0.1) is 22.8 Å². The summed E-state index contributed by atoms with van der Waals surface area (Å²) in [7, 11) is -2.20. The van der Waals surface area contributed by atoms with Crippen LogP contribution in [0.4, 0.5) is 5.82 Å². The Labute approximate surface area is 233 Å². The average Bonchev–Trinajstić information content (AvgIpc) is 3.53. The zero-order valence-electron chi connectivity index (χ0n) is 22.6. The quantitative estimate of drug-likeness (QED) is 0.408. The molecule has 1 amide bonds. The monoisotopic (exact) mass is 567 g/mol. The molecule has 1 aromatic carbocycles. The minimum atomic E-state index is -3.48. The fourth-order valence-corrected chi connectivity index (χ4v) is 7.85. The molecule has 10 nitrogen and oxygen atoms in total. The van der Waals surface area contributed by atoms with Crippen molar-refractivity contribution in [3.05, 3.63) is 58.8 Å². The second-order valence-corrected chi connectivity index (χ2v) is 13.0. The van der Waals surface area contributed by atoms with E-state index < -0.39 is 21.8 Å². The predicted molar refractivity (Wildman–Crippen MR) is 149 cm³/mol. The van der Waals surface area contributed by atoms with Crippen LogP contribution >= 0.6 is 0 Å². The maximum atomic E-state index is 13.7. The molecule has 2 aliphatic rings. The highest BCUT2D eigenvalue weighted by Crippen LogP contribution is 2.32. The fourth-order valence-electron chi connectivity index (χ4n) is 5.97. The van der Waals surface area contributed by atoms with Gasteiger partial charge in [-0.3, -0.25) is 4.79 Å². The lowest BCUT2D eigenvalue weighted by Crippen LogP contribution is -2.37. The zero-order valence-corrected chi connectivity index (χ0v) is 23.4. The van der Waals surface area contributed by atoms with Gasteiger partial charge < -0.3 is 10.1 Å². The van der Waals surface area contributed by atoms with E-state index in [4.69, 9.17) is 4.74 Å². The van der Waals surface area contributed by atoms with Gasteiger partial charge in [-0.05, 0) is 43.0 Å². The van der Waals surface area contributed by atoms with E-state index in [9.17, 15) is 22.8 Å². The molecule has 1 atom stereocenters. The van der Waals surface area contributed by atoms with Gasteiger partial charge in [-0.15, -0.1) is 0 Å². The number of esters is 1. The van der Waals surface area contributed by atoms with Crippen LogP contribution in [0.1, 0.15) is 80.6 Å². The number of carbonyl (C=O) groups is 2. The molecular formula is C29H35N4O6S+. The van der Waals surface area contributed by atoms with Crippen LogP contribution in [-0.2, 0) is 19.4 Å². The molecular weight excluding hydrogens is 532 g/mol. The molecule has 0 aliphatic heterocycles. The highest BCUT2D eigenvalue weighted by Gasteiger charge is 2.33. The summed E-state index contributed by atoms with van der Waals surface area (Å²) in [6.45, 7) is 0. The van der Waals surface area contributed by atoms with E-state index in [0.29, 0.717) is 36.1 Å². The van der Waals surface area contributed by atoms with Crippen LogP contribution < -0.4 is 15.9 Å². The second kappa shape index (κ2) is 11.9. The molecule has 212 valence electrons. The van der Waals surface area contributed by atoms with E-state index in [1.807, 2.05) is 0 Å². The number of benzene rings is 1. The van der Waals surface area contributed by atoms with Gasteiger partial charge in [0.25, 0.3) is 5.91 Å². The number of fused-ring (bicyclic) bond motifs is 1. The van der Waals surface area contributed by atoms with Crippen molar-refractivity contribution in [3.63, 3.8) is 0 Å². The summed E-state index contributed by atoms with van der Waals surface area (Å²) in [6, 6.07) is 6.78. The van der Waals surface area contributed by atoms with Crippen molar-refractivity contribution in [2.24, 2.45) is 5.92 Å². The Morgan fingerprint density at radius 3 is 2.48 bits per heavy atom. The molecule has 1 unspecified atom stereocenters. The molecule has 2 aliphatic carbocycles. The van der Waals surface area contributed by atoms with E-state index in [2.05, 4.69) is 15.3 Å². The van der Waals surface area contributed by atoms with Gasteiger partial charge in [0.2, 0.25) is 6.33 Å². The number of anilines is 1. The molecule has 3 aromatic rings. The molecule has 2 aromatic heterocycles. The van der Waals surface area contributed by atoms with Gasteiger partial charge >= 0.3 is 11.5 Å². The van der Waals surface area contributed by atoms with E-state index >= 15 is 0 Å². The van der Waals surface area contributed by atoms with Crippen molar-refractivity contribution in [2.75, 3.05) is 12.4 Å². The molecule has 0 bridgehead atoms. The highest BCUT2D eigenvalue weighted by molar-refractivity contribution is 7.92. The average molecular weight is 568 g/mol. The Morgan fingerprint density at radius 1 is 1.07 bits per heavy atom. The van der Waals surface area contributed by atoms with Crippen molar-refractivity contribution in [1.82, 2.24) is 9.55 Å². The first-order valence-corrected chi connectivity index (χ1v) is 15.5. The third-order valence-electron chi connectivity index (χ3n) is 8.24. The Balaban J connectivity index is 1.46. The smallest absolute Gasteiger partial charge is 0.345 e. The number of ether oxygens (including phenoxy) is 1. The van der Waals surface area contributed by atoms with Crippen molar-refractivity contribution < 1.29 is 27.7 Å². The normalized spacial score (nSPS) is 17.5. The number of carbonyl (C=O) groups excluding carboxylic acids is 2. The van der Waals surface area contributed by atoms with Crippen molar-refractivity contribution in [2.45, 2.75) is 80.4 Å². The fraction of sp³-hybridized carbons (Fsp3) is 0.483. The second-order valence-electron chi connectivity index (χ2n) is 10.8. The standard InChI is InChI=1S/C29H34N4O6S/c1-39-29(36)20-11-14-26(30-17-20)32-27(34)25(15-19-7-3-2-4-8-19)33-18-31-24-16-22(12-13-23(24)28(33)35)40(37,38)21-9-5-6-10-21/h11-14,16-19,21,25H,2-10,15H2,1H3,(H,30,32,34)/p+1. The number of hydrogen-bond donors (Lipinski definition) is 1. The number of methoxy groups -OCH3 is 1. The van der Waals surface area contributed by atoms with Crippen LogP contribution in [0.3, 0.4) is 0 Å². The largest absolute Gasteiger partial charge is 0.465 e. The molecule has 40 heavy (non-hydrogen) atoms. The molecule has 2 N–H and O–H groups in total. The number of nitrogens with one attached hydrogen (secondary N) is 2. The van der Waals surface area contributed by atoms with Crippen LogP contribution in [0, 0.1) is 5.92 Å².